The number of thiophene rings is 1. The molecule has 3 aliphatic rings. The number of nitrogens with two attached hydrogens (primary N) is 2. The number of hydrogen-bond acceptors (Lipinski definition) is 12. The van der Waals surface area contributed by atoms with Gasteiger partial charge in [0.25, 0.3) is 0 Å². The van der Waals surface area contributed by atoms with E-state index in [-0.39, 0.29) is 90.4 Å². The summed E-state index contributed by atoms with van der Waals surface area (Å²) < 4.78 is 50.9. The van der Waals surface area contributed by atoms with Crippen molar-refractivity contribution >= 4 is 60.6 Å². The number of pyridine rings is 1. The summed E-state index contributed by atoms with van der Waals surface area (Å²) in [7, 11) is 1.72. The van der Waals surface area contributed by atoms with Crippen molar-refractivity contribution in [2.45, 2.75) is 43.9 Å². The number of anilines is 3. The van der Waals surface area contributed by atoms with Gasteiger partial charge in [0.1, 0.15) is 47.3 Å². The molecule has 0 bridgehead atoms. The van der Waals surface area contributed by atoms with Gasteiger partial charge in [0.15, 0.2) is 11.6 Å². The summed E-state index contributed by atoms with van der Waals surface area (Å²) in [6.45, 7) is 4.47. The second kappa shape index (κ2) is 12.3. The highest BCUT2D eigenvalue weighted by molar-refractivity contribution is 7.23. The lowest BCUT2D eigenvalue weighted by Gasteiger charge is -2.32. The molecular formula is C35H33ClF2N8O3S. The number of fused-ring (bicyclic) bond motifs is 2. The van der Waals surface area contributed by atoms with Crippen molar-refractivity contribution in [2.75, 3.05) is 56.3 Å². The summed E-state index contributed by atoms with van der Waals surface area (Å²) in [6, 6.07) is 7.94. The van der Waals surface area contributed by atoms with Crippen LogP contribution in [0.5, 0.6) is 11.8 Å². The maximum absolute atomic E-state index is 17.3. The van der Waals surface area contributed by atoms with E-state index >= 15 is 8.78 Å². The van der Waals surface area contributed by atoms with Crippen molar-refractivity contribution in [3.8, 4) is 29.0 Å². The number of rotatable bonds is 7. The van der Waals surface area contributed by atoms with Crippen LogP contribution in [0, 0.1) is 23.0 Å². The Kier molecular flexibility index (Phi) is 8.06. The van der Waals surface area contributed by atoms with Crippen LogP contribution in [0.15, 0.2) is 30.5 Å². The maximum atomic E-state index is 17.3. The first-order valence-electron chi connectivity index (χ1n) is 16.3. The minimum Gasteiger partial charge on any atom is -0.489 e. The summed E-state index contributed by atoms with van der Waals surface area (Å²) >= 11 is 7.99. The van der Waals surface area contributed by atoms with E-state index in [1.54, 1.807) is 19.4 Å². The zero-order valence-corrected chi connectivity index (χ0v) is 28.9. The van der Waals surface area contributed by atoms with Crippen molar-refractivity contribution in [1.82, 2.24) is 19.9 Å². The van der Waals surface area contributed by atoms with Gasteiger partial charge in [-0.3, -0.25) is 4.90 Å². The van der Waals surface area contributed by atoms with Crippen LogP contribution in [0.4, 0.5) is 25.4 Å². The van der Waals surface area contributed by atoms with Crippen molar-refractivity contribution in [3.05, 3.63) is 58.2 Å². The molecule has 258 valence electrons. The van der Waals surface area contributed by atoms with Crippen molar-refractivity contribution < 1.29 is 23.0 Å². The van der Waals surface area contributed by atoms with E-state index in [4.69, 9.17) is 42.3 Å². The van der Waals surface area contributed by atoms with E-state index in [2.05, 4.69) is 14.9 Å². The first-order chi connectivity index (χ1) is 24.2. The van der Waals surface area contributed by atoms with E-state index < -0.39 is 11.6 Å². The highest BCUT2D eigenvalue weighted by Gasteiger charge is 2.49. The minimum absolute atomic E-state index is 0.0206. The Hall–Kier alpha value is -4.55. The van der Waals surface area contributed by atoms with Crippen LogP contribution in [0.2, 0.25) is 5.02 Å². The average Bonchev–Trinajstić information content (AvgIpc) is 3.73. The fourth-order valence-electron chi connectivity index (χ4n) is 7.89. The fourth-order valence-corrected chi connectivity index (χ4v) is 9.17. The molecule has 2 fully saturated rings. The molecule has 3 atom stereocenters. The van der Waals surface area contributed by atoms with Crippen molar-refractivity contribution in [1.29, 1.82) is 5.26 Å². The average molecular weight is 719 g/mol. The minimum atomic E-state index is -0.802. The second-order valence-electron chi connectivity index (χ2n) is 13.0. The van der Waals surface area contributed by atoms with Gasteiger partial charge in [-0.25, -0.2) is 13.8 Å². The third-order valence-electron chi connectivity index (χ3n) is 10.4. The summed E-state index contributed by atoms with van der Waals surface area (Å²) in [5.74, 6) is -0.527. The lowest BCUT2D eigenvalue weighted by molar-refractivity contribution is 0.0997. The van der Waals surface area contributed by atoms with Gasteiger partial charge in [-0.15, -0.1) is 11.3 Å². The molecule has 11 nitrogen and oxygen atoms in total. The van der Waals surface area contributed by atoms with E-state index in [0.29, 0.717) is 18.2 Å². The number of halogens is 3. The number of nitrogens with zero attached hydrogens (tertiary/aromatic N) is 6. The Bertz CT molecular complexity index is 2230. The summed E-state index contributed by atoms with van der Waals surface area (Å²) in [6.07, 6.45) is 4.45. The predicted octanol–water partition coefficient (Wildman–Crippen LogP) is 6.47. The SMILES string of the molecule is CO[C@H]1CN2CCC[C@@]2(COc2nc3c4c(c(Cl)c(-c5ccc(F)c6sc(N)c(C#N)c56)c(F)c4n2)OCCN3C(C)c2cccnc2N)C1. The lowest BCUT2D eigenvalue weighted by Crippen LogP contribution is -2.43. The molecule has 0 saturated carbocycles. The van der Waals surface area contributed by atoms with Crippen molar-refractivity contribution in [3.63, 3.8) is 0 Å². The molecule has 0 amide bonds. The molecule has 50 heavy (non-hydrogen) atoms. The van der Waals surface area contributed by atoms with Gasteiger partial charge in [0, 0.05) is 36.4 Å². The van der Waals surface area contributed by atoms with Gasteiger partial charge in [-0.1, -0.05) is 23.7 Å². The zero-order valence-electron chi connectivity index (χ0n) is 27.3. The molecule has 0 aliphatic carbocycles. The van der Waals surface area contributed by atoms with Gasteiger partial charge in [-0.05, 0) is 50.4 Å². The number of benzene rings is 2. The van der Waals surface area contributed by atoms with Gasteiger partial charge in [0.05, 0.1) is 44.9 Å². The summed E-state index contributed by atoms with van der Waals surface area (Å²) in [5, 5.41) is 10.4. The molecule has 0 radical (unpaired) electrons. The van der Waals surface area contributed by atoms with Crippen LogP contribution in [-0.4, -0.2) is 71.5 Å². The fraction of sp³-hybridized carbons (Fsp3) is 0.371. The Balaban J connectivity index is 1.34. The molecule has 8 rings (SSSR count). The molecule has 2 aromatic carbocycles. The lowest BCUT2D eigenvalue weighted by atomic mass is 9.94. The Morgan fingerprint density at radius 1 is 1.22 bits per heavy atom. The zero-order chi connectivity index (χ0) is 34.9. The first-order valence-corrected chi connectivity index (χ1v) is 17.5. The standard InChI is InChI=1S/C35H33ClF2N8O3S/c1-17(19-5-3-9-42-31(19)40)46-11-12-48-29-25-28(43-34(44-33(25)46)49-16-35-8-4-10-45(35)15-18(13-35)47-2)27(38)24(26(29)36)20-6-7-22(37)30-23(20)21(14-39)32(41)50-30/h3,5-7,9,17-18H,4,8,10-13,15-16,41H2,1-2H3,(H2,40,42)/t17?,18-,35+/m1/s1. The second-order valence-corrected chi connectivity index (χ2v) is 14.4. The van der Waals surface area contributed by atoms with Gasteiger partial charge >= 0.3 is 6.01 Å². The smallest absolute Gasteiger partial charge is 0.319 e. The summed E-state index contributed by atoms with van der Waals surface area (Å²) in [5.41, 5.74) is 13.0. The number of aromatic nitrogens is 3. The van der Waals surface area contributed by atoms with Gasteiger partial charge in [-0.2, -0.15) is 15.2 Å². The van der Waals surface area contributed by atoms with E-state index in [1.807, 2.05) is 24.0 Å². The third-order valence-corrected chi connectivity index (χ3v) is 11.7. The topological polar surface area (TPSA) is 149 Å². The molecule has 0 spiro atoms. The highest BCUT2D eigenvalue weighted by Crippen LogP contribution is 2.51. The molecule has 1 unspecified atom stereocenters. The van der Waals surface area contributed by atoms with Crippen LogP contribution in [0.25, 0.3) is 32.1 Å². The molecular weight excluding hydrogens is 686 g/mol. The number of methoxy groups -OCH3 is 1. The largest absolute Gasteiger partial charge is 0.489 e. The first kappa shape index (κ1) is 32.6. The molecule has 3 aliphatic heterocycles. The maximum Gasteiger partial charge on any atom is 0.319 e. The van der Waals surface area contributed by atoms with E-state index in [0.717, 1.165) is 49.3 Å². The molecule has 2 saturated heterocycles. The molecule has 3 aromatic heterocycles. The quantitative estimate of drug-likeness (QED) is 0.191. The normalized spacial score (nSPS) is 20.9. The number of nitriles is 1. The third kappa shape index (κ3) is 4.98. The highest BCUT2D eigenvalue weighted by atomic mass is 35.5. The molecule has 5 aromatic rings. The molecule has 4 N–H and O–H groups in total. The van der Waals surface area contributed by atoms with Gasteiger partial charge < -0.3 is 30.6 Å². The van der Waals surface area contributed by atoms with E-state index in [9.17, 15) is 5.26 Å². The monoisotopic (exact) mass is 718 g/mol. The molecule has 15 heteroatoms. The van der Waals surface area contributed by atoms with Crippen LogP contribution >= 0.6 is 22.9 Å². The van der Waals surface area contributed by atoms with Crippen LogP contribution in [0.3, 0.4) is 0 Å². The van der Waals surface area contributed by atoms with Crippen molar-refractivity contribution in [2.24, 2.45) is 0 Å². The van der Waals surface area contributed by atoms with Gasteiger partial charge in [0.2, 0.25) is 0 Å². The Morgan fingerprint density at radius 2 is 2.06 bits per heavy atom. The number of hydrogen-bond donors (Lipinski definition) is 2. The van der Waals surface area contributed by atoms with E-state index in [1.165, 1.54) is 12.1 Å². The predicted molar refractivity (Wildman–Crippen MR) is 189 cm³/mol. The van der Waals surface area contributed by atoms with Crippen LogP contribution in [-0.2, 0) is 4.74 Å². The summed E-state index contributed by atoms with van der Waals surface area (Å²) in [4.78, 5) is 18.2. The molecule has 6 heterocycles. The van der Waals surface area contributed by atoms with Crippen LogP contribution in [0.1, 0.15) is 43.4 Å². The Morgan fingerprint density at radius 3 is 2.84 bits per heavy atom. The Labute approximate surface area is 295 Å². The number of ether oxygens (including phenoxy) is 3. The van der Waals surface area contributed by atoms with Crippen LogP contribution < -0.4 is 25.8 Å². The number of nitrogen functional groups attached to an aromatic ring is 2.